The van der Waals surface area contributed by atoms with E-state index in [-0.39, 0.29) is 5.56 Å². The van der Waals surface area contributed by atoms with E-state index < -0.39 is 17.3 Å². The predicted molar refractivity (Wildman–Crippen MR) is 67.1 cm³/mol. The van der Waals surface area contributed by atoms with Gasteiger partial charge in [0, 0.05) is 18.6 Å². The van der Waals surface area contributed by atoms with Gasteiger partial charge in [-0.15, -0.1) is 12.6 Å². The molecule has 0 fully saturated rings. The van der Waals surface area contributed by atoms with Crippen LogP contribution >= 0.6 is 12.6 Å². The van der Waals surface area contributed by atoms with E-state index in [1.165, 1.54) is 18.2 Å². The Bertz CT molecular complexity index is 421. The highest BCUT2D eigenvalue weighted by atomic mass is 32.1. The molecule has 0 saturated heterocycles. The van der Waals surface area contributed by atoms with Crippen molar-refractivity contribution in [2.45, 2.75) is 24.3 Å². The van der Waals surface area contributed by atoms with Gasteiger partial charge in [-0.2, -0.15) is 0 Å². The lowest BCUT2D eigenvalue weighted by Crippen LogP contribution is -2.40. The third kappa shape index (κ3) is 4.02. The molecule has 1 aromatic rings. The summed E-state index contributed by atoms with van der Waals surface area (Å²) in [6, 6.07) is 4.11. The lowest BCUT2D eigenvalue weighted by atomic mass is 10.1. The van der Waals surface area contributed by atoms with Crippen LogP contribution in [-0.2, 0) is 4.74 Å². The zero-order valence-corrected chi connectivity index (χ0v) is 11.0. The Labute approximate surface area is 106 Å². The van der Waals surface area contributed by atoms with Crippen molar-refractivity contribution in [3.63, 3.8) is 0 Å². The number of hydrogen-bond donors (Lipinski definition) is 2. The van der Waals surface area contributed by atoms with E-state index in [1.807, 2.05) is 13.8 Å². The average molecular weight is 257 g/mol. The van der Waals surface area contributed by atoms with Crippen molar-refractivity contribution in [2.24, 2.45) is 0 Å². The van der Waals surface area contributed by atoms with Gasteiger partial charge in [-0.1, -0.05) is 0 Å². The molecule has 17 heavy (non-hydrogen) atoms. The fourth-order valence-corrected chi connectivity index (χ4v) is 1.35. The number of ether oxygens (including phenoxy) is 1. The fourth-order valence-electron chi connectivity index (χ4n) is 1.15. The van der Waals surface area contributed by atoms with Crippen LogP contribution in [0.15, 0.2) is 23.1 Å². The van der Waals surface area contributed by atoms with Gasteiger partial charge in [-0.25, -0.2) is 4.39 Å². The number of benzene rings is 1. The second-order valence-corrected chi connectivity index (χ2v) is 4.83. The maximum Gasteiger partial charge on any atom is 0.254 e. The summed E-state index contributed by atoms with van der Waals surface area (Å²) in [7, 11) is 1.56. The van der Waals surface area contributed by atoms with Crippen LogP contribution in [0.1, 0.15) is 24.2 Å². The van der Waals surface area contributed by atoms with E-state index in [9.17, 15) is 9.18 Å². The SMILES string of the molecule is COC(C)(C)CNC(=O)c1cc(S)ccc1F. The molecular formula is C12H16FNO2S. The number of rotatable bonds is 4. The summed E-state index contributed by atoms with van der Waals surface area (Å²) in [5, 5.41) is 2.62. The average Bonchev–Trinajstić information content (AvgIpc) is 2.29. The van der Waals surface area contributed by atoms with Crippen LogP contribution < -0.4 is 5.32 Å². The molecule has 0 atom stereocenters. The molecule has 0 heterocycles. The van der Waals surface area contributed by atoms with Crippen LogP contribution in [0.4, 0.5) is 4.39 Å². The first kappa shape index (κ1) is 14.0. The van der Waals surface area contributed by atoms with Crippen molar-refractivity contribution >= 4 is 18.5 Å². The van der Waals surface area contributed by atoms with Crippen molar-refractivity contribution < 1.29 is 13.9 Å². The van der Waals surface area contributed by atoms with E-state index in [0.717, 1.165) is 0 Å². The van der Waals surface area contributed by atoms with Gasteiger partial charge in [0.1, 0.15) is 5.82 Å². The van der Waals surface area contributed by atoms with Crippen LogP contribution in [0.25, 0.3) is 0 Å². The third-order valence-corrected chi connectivity index (χ3v) is 2.70. The van der Waals surface area contributed by atoms with Gasteiger partial charge in [0.15, 0.2) is 0 Å². The molecule has 1 aromatic carbocycles. The van der Waals surface area contributed by atoms with Crippen LogP contribution in [0.5, 0.6) is 0 Å². The smallest absolute Gasteiger partial charge is 0.254 e. The molecule has 0 bridgehead atoms. The van der Waals surface area contributed by atoms with Crippen molar-refractivity contribution in [1.29, 1.82) is 0 Å². The first-order valence-corrected chi connectivity index (χ1v) is 5.62. The summed E-state index contributed by atoms with van der Waals surface area (Å²) in [5.74, 6) is -1.03. The Balaban J connectivity index is 2.74. The summed E-state index contributed by atoms with van der Waals surface area (Å²) in [6.07, 6.45) is 0. The number of hydrogen-bond acceptors (Lipinski definition) is 3. The molecule has 1 amide bonds. The second-order valence-electron chi connectivity index (χ2n) is 4.31. The standard InChI is InChI=1S/C12H16FNO2S/c1-12(2,16-3)7-14-11(15)9-6-8(17)4-5-10(9)13/h4-6,17H,7H2,1-3H3,(H,14,15). The number of thiol groups is 1. The molecular weight excluding hydrogens is 241 g/mol. The van der Waals surface area contributed by atoms with Gasteiger partial charge < -0.3 is 10.1 Å². The molecule has 0 aliphatic carbocycles. The van der Waals surface area contributed by atoms with Crippen molar-refractivity contribution in [3.8, 4) is 0 Å². The highest BCUT2D eigenvalue weighted by molar-refractivity contribution is 7.80. The summed E-state index contributed by atoms with van der Waals surface area (Å²) in [5.41, 5.74) is -0.491. The maximum atomic E-state index is 13.4. The van der Waals surface area contributed by atoms with Crippen molar-refractivity contribution in [3.05, 3.63) is 29.6 Å². The van der Waals surface area contributed by atoms with Gasteiger partial charge in [-0.05, 0) is 32.0 Å². The highest BCUT2D eigenvalue weighted by Gasteiger charge is 2.19. The van der Waals surface area contributed by atoms with Gasteiger partial charge in [0.2, 0.25) is 0 Å². The van der Waals surface area contributed by atoms with Gasteiger partial charge >= 0.3 is 0 Å². The summed E-state index contributed by atoms with van der Waals surface area (Å²) in [6.45, 7) is 3.97. The maximum absolute atomic E-state index is 13.4. The molecule has 0 unspecified atom stereocenters. The Morgan fingerprint density at radius 2 is 2.18 bits per heavy atom. The molecule has 0 aliphatic heterocycles. The number of amides is 1. The molecule has 0 saturated carbocycles. The zero-order valence-electron chi connectivity index (χ0n) is 10.1. The van der Waals surface area contributed by atoms with E-state index >= 15 is 0 Å². The number of carbonyl (C=O) groups is 1. The minimum Gasteiger partial charge on any atom is -0.377 e. The Morgan fingerprint density at radius 1 is 1.53 bits per heavy atom. The van der Waals surface area contributed by atoms with E-state index in [1.54, 1.807) is 7.11 Å². The van der Waals surface area contributed by atoms with Gasteiger partial charge in [-0.3, -0.25) is 4.79 Å². The highest BCUT2D eigenvalue weighted by Crippen LogP contribution is 2.14. The first-order valence-electron chi connectivity index (χ1n) is 5.17. The van der Waals surface area contributed by atoms with Crippen LogP contribution in [-0.4, -0.2) is 25.2 Å². The minimum absolute atomic E-state index is 0.00981. The fraction of sp³-hybridized carbons (Fsp3) is 0.417. The molecule has 0 radical (unpaired) electrons. The third-order valence-electron chi connectivity index (χ3n) is 2.42. The molecule has 94 valence electrons. The molecule has 3 nitrogen and oxygen atoms in total. The number of nitrogens with one attached hydrogen (secondary N) is 1. The van der Waals surface area contributed by atoms with E-state index in [0.29, 0.717) is 11.4 Å². The summed E-state index contributed by atoms with van der Waals surface area (Å²) >= 11 is 4.07. The molecule has 0 aromatic heterocycles. The molecule has 5 heteroatoms. The molecule has 0 spiro atoms. The van der Waals surface area contributed by atoms with Crippen molar-refractivity contribution in [1.82, 2.24) is 5.32 Å². The summed E-state index contributed by atoms with van der Waals surface area (Å²) < 4.78 is 18.6. The quantitative estimate of drug-likeness (QED) is 0.812. The Morgan fingerprint density at radius 3 is 2.76 bits per heavy atom. The predicted octanol–water partition coefficient (Wildman–Crippen LogP) is 2.27. The van der Waals surface area contributed by atoms with Gasteiger partial charge in [0.25, 0.3) is 5.91 Å². The monoisotopic (exact) mass is 257 g/mol. The summed E-state index contributed by atoms with van der Waals surface area (Å²) in [4.78, 5) is 12.3. The topological polar surface area (TPSA) is 38.3 Å². The number of halogens is 1. The van der Waals surface area contributed by atoms with Gasteiger partial charge in [0.05, 0.1) is 11.2 Å². The zero-order chi connectivity index (χ0) is 13.1. The second kappa shape index (κ2) is 5.51. The number of carbonyl (C=O) groups excluding carboxylic acids is 1. The lowest BCUT2D eigenvalue weighted by Gasteiger charge is -2.23. The Hall–Kier alpha value is -1.07. The van der Waals surface area contributed by atoms with E-state index in [4.69, 9.17) is 4.74 Å². The molecule has 0 aliphatic rings. The normalized spacial score (nSPS) is 11.4. The molecule has 1 rings (SSSR count). The Kier molecular flexibility index (Phi) is 4.54. The first-order chi connectivity index (χ1) is 7.85. The minimum atomic E-state index is -0.560. The van der Waals surface area contributed by atoms with Crippen LogP contribution in [0.3, 0.4) is 0 Å². The van der Waals surface area contributed by atoms with Crippen LogP contribution in [0.2, 0.25) is 0 Å². The largest absolute Gasteiger partial charge is 0.377 e. The van der Waals surface area contributed by atoms with Crippen LogP contribution in [0, 0.1) is 5.82 Å². The van der Waals surface area contributed by atoms with E-state index in [2.05, 4.69) is 17.9 Å². The lowest BCUT2D eigenvalue weighted by molar-refractivity contribution is 0.0228. The van der Waals surface area contributed by atoms with Crippen molar-refractivity contribution in [2.75, 3.05) is 13.7 Å². The molecule has 1 N–H and O–H groups in total. The number of methoxy groups -OCH3 is 1.